The summed E-state index contributed by atoms with van der Waals surface area (Å²) in [4.78, 5) is 25.8. The highest BCUT2D eigenvalue weighted by atomic mass is 16.5. The van der Waals surface area contributed by atoms with E-state index in [1.165, 1.54) is 88.4 Å². The fraction of sp³-hybridized carbons (Fsp3) is 0.733. The van der Waals surface area contributed by atoms with Crippen LogP contribution in [0.15, 0.2) is 24.3 Å². The van der Waals surface area contributed by atoms with Crippen molar-refractivity contribution in [3.8, 4) is 0 Å². The third-order valence-corrected chi connectivity index (χ3v) is 6.72. The molecule has 0 aromatic heterocycles. The largest absolute Gasteiger partial charge is 0.379 e. The number of carbonyl (C=O) groups excluding carboxylic acids is 2. The Morgan fingerprint density at radius 1 is 0.528 bits per heavy atom. The van der Waals surface area contributed by atoms with Crippen LogP contribution in [0.1, 0.15) is 118 Å². The Morgan fingerprint density at radius 2 is 0.917 bits per heavy atom. The van der Waals surface area contributed by atoms with E-state index < -0.39 is 0 Å². The third kappa shape index (κ3) is 12.5. The summed E-state index contributed by atoms with van der Waals surface area (Å²) in [5.74, 6) is -0.488. The van der Waals surface area contributed by atoms with Crippen molar-refractivity contribution in [2.75, 3.05) is 46.2 Å². The molecular formula is C30H49NO5. The summed E-state index contributed by atoms with van der Waals surface area (Å²) >= 11 is 0. The predicted octanol–water partition coefficient (Wildman–Crippen LogP) is 6.81. The van der Waals surface area contributed by atoms with Gasteiger partial charge in [-0.2, -0.15) is 0 Å². The molecule has 0 bridgehead atoms. The molecule has 0 atom stereocenters. The van der Waals surface area contributed by atoms with Crippen LogP contribution in [0.25, 0.3) is 0 Å². The van der Waals surface area contributed by atoms with Crippen molar-refractivity contribution in [2.45, 2.75) is 96.8 Å². The van der Waals surface area contributed by atoms with Crippen molar-refractivity contribution >= 4 is 11.8 Å². The second-order valence-corrected chi connectivity index (χ2v) is 9.74. The molecule has 204 valence electrons. The maximum atomic E-state index is 12.3. The van der Waals surface area contributed by atoms with E-state index in [1.54, 1.807) is 24.3 Å². The van der Waals surface area contributed by atoms with Gasteiger partial charge >= 0.3 is 0 Å². The van der Waals surface area contributed by atoms with Gasteiger partial charge in [0.25, 0.3) is 11.8 Å². The van der Waals surface area contributed by atoms with E-state index in [2.05, 4.69) is 6.92 Å². The van der Waals surface area contributed by atoms with Crippen LogP contribution in [0.2, 0.25) is 0 Å². The normalized spacial score (nSPS) is 13.1. The first-order valence-electron chi connectivity index (χ1n) is 14.4. The predicted molar refractivity (Wildman–Crippen MR) is 145 cm³/mol. The van der Waals surface area contributed by atoms with Gasteiger partial charge in [-0.1, -0.05) is 103 Å². The molecule has 0 N–H and O–H groups in total. The quantitative estimate of drug-likeness (QED) is 0.114. The summed E-state index contributed by atoms with van der Waals surface area (Å²) in [7, 11) is 0. The molecule has 0 radical (unpaired) electrons. The third-order valence-electron chi connectivity index (χ3n) is 6.72. The second-order valence-electron chi connectivity index (χ2n) is 9.74. The zero-order chi connectivity index (χ0) is 25.7. The average molecular weight is 504 g/mol. The Hall–Kier alpha value is -1.76. The molecule has 1 aliphatic rings. The molecule has 2 amide bonds. The standard InChI is InChI=1S/C30H49NO5/c1-2-3-4-5-6-7-8-9-10-11-12-13-14-17-21-34-23-25-36-26-24-35-22-20-31-29(32)27-18-15-16-19-28(27)30(31)33/h15-16,18-19H,2-14,17,20-26H2,1H3. The van der Waals surface area contributed by atoms with Crippen molar-refractivity contribution in [3.63, 3.8) is 0 Å². The van der Waals surface area contributed by atoms with Gasteiger partial charge in [-0.15, -0.1) is 0 Å². The number of benzene rings is 1. The molecule has 0 fully saturated rings. The Morgan fingerprint density at radius 3 is 1.39 bits per heavy atom. The van der Waals surface area contributed by atoms with E-state index in [1.807, 2.05) is 0 Å². The minimum atomic E-state index is -0.244. The van der Waals surface area contributed by atoms with Crippen molar-refractivity contribution in [1.29, 1.82) is 0 Å². The van der Waals surface area contributed by atoms with Gasteiger partial charge in [0.15, 0.2) is 0 Å². The number of amides is 2. The van der Waals surface area contributed by atoms with Crippen molar-refractivity contribution in [3.05, 3.63) is 35.4 Å². The molecule has 1 aromatic rings. The molecule has 2 rings (SSSR count). The molecule has 36 heavy (non-hydrogen) atoms. The smallest absolute Gasteiger partial charge is 0.261 e. The Balaban J connectivity index is 1.26. The number of ether oxygens (including phenoxy) is 3. The first kappa shape index (κ1) is 30.5. The number of carbonyl (C=O) groups is 2. The molecule has 0 saturated heterocycles. The van der Waals surface area contributed by atoms with Crippen LogP contribution in [0.4, 0.5) is 0 Å². The molecule has 6 nitrogen and oxygen atoms in total. The maximum Gasteiger partial charge on any atom is 0.261 e. The van der Waals surface area contributed by atoms with Crippen molar-refractivity contribution < 1.29 is 23.8 Å². The summed E-state index contributed by atoms with van der Waals surface area (Å²) in [5.41, 5.74) is 0.944. The molecule has 0 aliphatic carbocycles. The van der Waals surface area contributed by atoms with Crippen LogP contribution >= 0.6 is 0 Å². The van der Waals surface area contributed by atoms with E-state index in [9.17, 15) is 9.59 Å². The number of imide groups is 1. The summed E-state index contributed by atoms with van der Waals surface area (Å²) in [5, 5.41) is 0. The number of hydrogen-bond acceptors (Lipinski definition) is 5. The first-order valence-corrected chi connectivity index (χ1v) is 14.4. The van der Waals surface area contributed by atoms with Gasteiger partial charge in [0.05, 0.1) is 50.7 Å². The molecule has 6 heteroatoms. The lowest BCUT2D eigenvalue weighted by Gasteiger charge is -2.13. The molecule has 0 saturated carbocycles. The van der Waals surface area contributed by atoms with Crippen LogP contribution in [0.3, 0.4) is 0 Å². The summed E-state index contributed by atoms with van der Waals surface area (Å²) in [6, 6.07) is 6.91. The van der Waals surface area contributed by atoms with Gasteiger partial charge in [-0.05, 0) is 18.6 Å². The van der Waals surface area contributed by atoms with E-state index in [-0.39, 0.29) is 18.4 Å². The summed E-state index contributed by atoms with van der Waals surface area (Å²) in [6.45, 7) is 5.72. The van der Waals surface area contributed by atoms with E-state index in [0.29, 0.717) is 44.2 Å². The fourth-order valence-electron chi connectivity index (χ4n) is 4.54. The summed E-state index contributed by atoms with van der Waals surface area (Å²) in [6.07, 6.45) is 19.1. The van der Waals surface area contributed by atoms with Gasteiger partial charge in [-0.3, -0.25) is 14.5 Å². The number of nitrogens with zero attached hydrogens (tertiary/aromatic N) is 1. The second kappa shape index (κ2) is 20.3. The van der Waals surface area contributed by atoms with E-state index >= 15 is 0 Å². The first-order chi connectivity index (χ1) is 17.8. The average Bonchev–Trinajstić information content (AvgIpc) is 3.14. The van der Waals surface area contributed by atoms with Crippen LogP contribution in [0, 0.1) is 0 Å². The van der Waals surface area contributed by atoms with E-state index in [0.717, 1.165) is 13.0 Å². The molecular weight excluding hydrogens is 454 g/mol. The number of hydrogen-bond donors (Lipinski definition) is 0. The van der Waals surface area contributed by atoms with Gasteiger partial charge in [0.1, 0.15) is 0 Å². The SMILES string of the molecule is CCCCCCCCCCCCCCCCOCCOCCOCCN1C(=O)c2ccccc2C1=O. The van der Waals surface area contributed by atoms with Crippen LogP contribution in [-0.4, -0.2) is 62.9 Å². The zero-order valence-corrected chi connectivity index (χ0v) is 22.6. The Bertz CT molecular complexity index is 688. The number of rotatable bonds is 24. The monoisotopic (exact) mass is 503 g/mol. The van der Waals surface area contributed by atoms with Gasteiger partial charge in [0, 0.05) is 6.61 Å². The van der Waals surface area contributed by atoms with Crippen LogP contribution in [0.5, 0.6) is 0 Å². The Labute approximate surface area is 219 Å². The van der Waals surface area contributed by atoms with Crippen molar-refractivity contribution in [2.24, 2.45) is 0 Å². The van der Waals surface area contributed by atoms with Crippen molar-refractivity contribution in [1.82, 2.24) is 4.90 Å². The molecule has 0 spiro atoms. The fourth-order valence-corrected chi connectivity index (χ4v) is 4.54. The molecule has 1 aromatic carbocycles. The highest BCUT2D eigenvalue weighted by Crippen LogP contribution is 2.21. The van der Waals surface area contributed by atoms with Gasteiger partial charge in [0.2, 0.25) is 0 Å². The lowest BCUT2D eigenvalue weighted by Crippen LogP contribution is -2.33. The zero-order valence-electron chi connectivity index (χ0n) is 22.6. The van der Waals surface area contributed by atoms with Gasteiger partial charge < -0.3 is 14.2 Å². The highest BCUT2D eigenvalue weighted by molar-refractivity contribution is 6.21. The maximum absolute atomic E-state index is 12.3. The summed E-state index contributed by atoms with van der Waals surface area (Å²) < 4.78 is 16.7. The number of fused-ring (bicyclic) bond motifs is 1. The van der Waals surface area contributed by atoms with Gasteiger partial charge in [-0.25, -0.2) is 0 Å². The van der Waals surface area contributed by atoms with E-state index in [4.69, 9.17) is 14.2 Å². The molecule has 0 unspecified atom stereocenters. The minimum absolute atomic E-state index is 0.244. The minimum Gasteiger partial charge on any atom is -0.379 e. The lowest BCUT2D eigenvalue weighted by atomic mass is 10.0. The van der Waals surface area contributed by atoms with Crippen LogP contribution in [-0.2, 0) is 14.2 Å². The van der Waals surface area contributed by atoms with Crippen LogP contribution < -0.4 is 0 Å². The number of unbranched alkanes of at least 4 members (excludes halogenated alkanes) is 13. The topological polar surface area (TPSA) is 65.1 Å². The highest BCUT2D eigenvalue weighted by Gasteiger charge is 2.34. The Kier molecular flexibility index (Phi) is 17.2. The lowest BCUT2D eigenvalue weighted by molar-refractivity contribution is 0.0106. The molecule has 1 aliphatic heterocycles. The molecule has 1 heterocycles.